The molecule has 1 unspecified atom stereocenters. The number of carbonyl (C=O) groups excluding carboxylic acids is 1. The summed E-state index contributed by atoms with van der Waals surface area (Å²) in [6.45, 7) is 1.19. The average molecular weight is 258 g/mol. The molecule has 1 saturated heterocycles. The maximum absolute atomic E-state index is 13.0. The minimum Gasteiger partial charge on any atom is -0.376 e. The predicted octanol–water partition coefficient (Wildman–Crippen LogP) is 2.39. The summed E-state index contributed by atoms with van der Waals surface area (Å²) >= 11 is 5.68. The van der Waals surface area contributed by atoms with Crippen LogP contribution in [0.4, 0.5) is 4.39 Å². The third-order valence-corrected chi connectivity index (χ3v) is 2.86. The largest absolute Gasteiger partial charge is 0.376 e. The SMILES string of the molecule is O=C(NCC1CCCO1)c1cc(F)cc(Cl)c1. The molecular formula is C12H13ClFNO2. The van der Waals surface area contributed by atoms with Crippen molar-refractivity contribution in [2.24, 2.45) is 0 Å². The van der Waals surface area contributed by atoms with Crippen molar-refractivity contribution in [2.45, 2.75) is 18.9 Å². The number of hydrogen-bond donors (Lipinski definition) is 1. The highest BCUT2D eigenvalue weighted by molar-refractivity contribution is 6.31. The van der Waals surface area contributed by atoms with Crippen LogP contribution in [0.5, 0.6) is 0 Å². The van der Waals surface area contributed by atoms with Crippen molar-refractivity contribution in [3.05, 3.63) is 34.6 Å². The van der Waals surface area contributed by atoms with Gasteiger partial charge < -0.3 is 10.1 Å². The summed E-state index contributed by atoms with van der Waals surface area (Å²) in [6.07, 6.45) is 2.04. The molecular weight excluding hydrogens is 245 g/mol. The van der Waals surface area contributed by atoms with Crippen LogP contribution in [0.3, 0.4) is 0 Å². The van der Waals surface area contributed by atoms with Crippen molar-refractivity contribution in [3.8, 4) is 0 Å². The third kappa shape index (κ3) is 3.41. The summed E-state index contributed by atoms with van der Waals surface area (Å²) in [4.78, 5) is 11.7. The average Bonchev–Trinajstić information content (AvgIpc) is 2.77. The summed E-state index contributed by atoms with van der Waals surface area (Å²) in [7, 11) is 0. The van der Waals surface area contributed by atoms with E-state index in [1.807, 2.05) is 0 Å². The van der Waals surface area contributed by atoms with Gasteiger partial charge in [-0.2, -0.15) is 0 Å². The van der Waals surface area contributed by atoms with Gasteiger partial charge in [0.15, 0.2) is 0 Å². The lowest BCUT2D eigenvalue weighted by molar-refractivity contribution is 0.0857. The van der Waals surface area contributed by atoms with Gasteiger partial charge in [0.1, 0.15) is 5.82 Å². The van der Waals surface area contributed by atoms with Crippen molar-refractivity contribution in [3.63, 3.8) is 0 Å². The molecule has 0 bridgehead atoms. The molecule has 1 fully saturated rings. The first kappa shape index (κ1) is 12.3. The van der Waals surface area contributed by atoms with Gasteiger partial charge in [0.25, 0.3) is 5.91 Å². The number of benzene rings is 1. The van der Waals surface area contributed by atoms with Crippen LogP contribution >= 0.6 is 11.6 Å². The molecule has 0 aliphatic carbocycles. The number of carbonyl (C=O) groups is 1. The Morgan fingerprint density at radius 2 is 2.35 bits per heavy atom. The number of amides is 1. The summed E-state index contributed by atoms with van der Waals surface area (Å²) < 4.78 is 18.4. The zero-order valence-electron chi connectivity index (χ0n) is 9.21. The maximum atomic E-state index is 13.0. The van der Waals surface area contributed by atoms with E-state index in [2.05, 4.69) is 5.32 Å². The van der Waals surface area contributed by atoms with E-state index in [0.29, 0.717) is 6.54 Å². The van der Waals surface area contributed by atoms with Gasteiger partial charge in [-0.1, -0.05) is 11.6 Å². The molecule has 0 radical (unpaired) electrons. The van der Waals surface area contributed by atoms with E-state index in [9.17, 15) is 9.18 Å². The Morgan fingerprint density at radius 1 is 1.53 bits per heavy atom. The number of ether oxygens (including phenoxy) is 1. The van der Waals surface area contributed by atoms with Crippen LogP contribution in [-0.4, -0.2) is 25.2 Å². The lowest BCUT2D eigenvalue weighted by Crippen LogP contribution is -2.31. The van der Waals surface area contributed by atoms with E-state index in [-0.39, 0.29) is 22.6 Å². The van der Waals surface area contributed by atoms with Crippen LogP contribution < -0.4 is 5.32 Å². The Kier molecular flexibility index (Phi) is 3.97. The van der Waals surface area contributed by atoms with E-state index in [1.165, 1.54) is 12.1 Å². The number of nitrogens with one attached hydrogen (secondary N) is 1. The highest BCUT2D eigenvalue weighted by atomic mass is 35.5. The summed E-state index contributed by atoms with van der Waals surface area (Å²) in [6, 6.07) is 3.77. The fourth-order valence-corrected chi connectivity index (χ4v) is 2.02. The maximum Gasteiger partial charge on any atom is 0.251 e. The molecule has 0 saturated carbocycles. The standard InChI is InChI=1S/C12H13ClFNO2/c13-9-4-8(5-10(14)6-9)12(16)15-7-11-2-1-3-17-11/h4-6,11H,1-3,7H2,(H,15,16). The third-order valence-electron chi connectivity index (χ3n) is 2.64. The summed E-state index contributed by atoms with van der Waals surface area (Å²) in [5.74, 6) is -0.846. The van der Waals surface area contributed by atoms with E-state index in [1.54, 1.807) is 0 Å². The Balaban J connectivity index is 1.94. The van der Waals surface area contributed by atoms with Crippen molar-refractivity contribution in [2.75, 3.05) is 13.2 Å². The first-order valence-corrected chi connectivity index (χ1v) is 5.89. The van der Waals surface area contributed by atoms with Gasteiger partial charge in [-0.15, -0.1) is 0 Å². The van der Waals surface area contributed by atoms with Crippen LogP contribution in [0.25, 0.3) is 0 Å². The highest BCUT2D eigenvalue weighted by Gasteiger charge is 2.17. The molecule has 1 aliphatic heterocycles. The first-order chi connectivity index (χ1) is 8.15. The van der Waals surface area contributed by atoms with Crippen molar-refractivity contribution >= 4 is 17.5 Å². The van der Waals surface area contributed by atoms with E-state index in [0.717, 1.165) is 25.5 Å². The molecule has 0 aromatic heterocycles. The highest BCUT2D eigenvalue weighted by Crippen LogP contribution is 2.14. The quantitative estimate of drug-likeness (QED) is 0.903. The number of rotatable bonds is 3. The summed E-state index contributed by atoms with van der Waals surface area (Å²) in [5.41, 5.74) is 0.230. The Morgan fingerprint density at radius 3 is 3.00 bits per heavy atom. The smallest absolute Gasteiger partial charge is 0.251 e. The monoisotopic (exact) mass is 257 g/mol. The van der Waals surface area contributed by atoms with Crippen molar-refractivity contribution in [1.29, 1.82) is 0 Å². The van der Waals surface area contributed by atoms with Gasteiger partial charge in [-0.3, -0.25) is 4.79 Å². The second-order valence-corrected chi connectivity index (χ2v) is 4.44. The lowest BCUT2D eigenvalue weighted by Gasteiger charge is -2.10. The number of halogens is 2. The normalized spacial score (nSPS) is 19.3. The molecule has 1 atom stereocenters. The van der Waals surface area contributed by atoms with E-state index >= 15 is 0 Å². The lowest BCUT2D eigenvalue weighted by atomic mass is 10.2. The molecule has 1 aromatic carbocycles. The molecule has 1 aromatic rings. The topological polar surface area (TPSA) is 38.3 Å². The van der Waals surface area contributed by atoms with Gasteiger partial charge >= 0.3 is 0 Å². The minimum absolute atomic E-state index is 0.0722. The zero-order chi connectivity index (χ0) is 12.3. The Labute approximate surface area is 104 Å². The molecule has 5 heteroatoms. The first-order valence-electron chi connectivity index (χ1n) is 5.51. The van der Waals surface area contributed by atoms with Crippen LogP contribution in [0, 0.1) is 5.82 Å². The van der Waals surface area contributed by atoms with Crippen LogP contribution in [-0.2, 0) is 4.74 Å². The molecule has 92 valence electrons. The molecule has 17 heavy (non-hydrogen) atoms. The molecule has 2 rings (SSSR count). The Bertz CT molecular complexity index is 399. The zero-order valence-corrected chi connectivity index (χ0v) is 9.97. The van der Waals surface area contributed by atoms with Gasteiger partial charge in [-0.05, 0) is 31.0 Å². The molecule has 1 heterocycles. The van der Waals surface area contributed by atoms with Crippen molar-refractivity contribution < 1.29 is 13.9 Å². The van der Waals surface area contributed by atoms with Gasteiger partial charge in [0, 0.05) is 23.7 Å². The van der Waals surface area contributed by atoms with Gasteiger partial charge in [0.05, 0.1) is 6.10 Å². The molecule has 1 N–H and O–H groups in total. The minimum atomic E-state index is -0.514. The van der Waals surface area contributed by atoms with E-state index in [4.69, 9.17) is 16.3 Å². The molecule has 1 aliphatic rings. The molecule has 3 nitrogen and oxygen atoms in total. The van der Waals surface area contributed by atoms with Crippen molar-refractivity contribution in [1.82, 2.24) is 5.32 Å². The van der Waals surface area contributed by atoms with Crippen LogP contribution in [0.2, 0.25) is 5.02 Å². The fourth-order valence-electron chi connectivity index (χ4n) is 1.80. The Hall–Kier alpha value is -1.13. The second kappa shape index (κ2) is 5.47. The predicted molar refractivity (Wildman–Crippen MR) is 62.7 cm³/mol. The summed E-state index contributed by atoms with van der Waals surface area (Å²) in [5, 5.41) is 2.92. The second-order valence-electron chi connectivity index (χ2n) is 4.00. The van der Waals surface area contributed by atoms with Gasteiger partial charge in [-0.25, -0.2) is 4.39 Å². The molecule has 1 amide bonds. The van der Waals surface area contributed by atoms with Crippen LogP contribution in [0.15, 0.2) is 18.2 Å². The fraction of sp³-hybridized carbons (Fsp3) is 0.417. The molecule has 0 spiro atoms. The number of hydrogen-bond acceptors (Lipinski definition) is 2. The van der Waals surface area contributed by atoms with E-state index < -0.39 is 5.82 Å². The van der Waals surface area contributed by atoms with Crippen LogP contribution in [0.1, 0.15) is 23.2 Å². The van der Waals surface area contributed by atoms with Gasteiger partial charge in [0.2, 0.25) is 0 Å².